The molecule has 1 N–H and O–H groups in total. The Hall–Kier alpha value is -3.22. The monoisotopic (exact) mass is 423 g/mol. The van der Waals surface area contributed by atoms with Crippen molar-refractivity contribution in [3.05, 3.63) is 65.2 Å². The molecule has 2 aliphatic rings. The van der Waals surface area contributed by atoms with E-state index in [1.165, 1.54) is 0 Å². The molecule has 2 aromatic carbocycles. The summed E-state index contributed by atoms with van der Waals surface area (Å²) in [4.78, 5) is 28.1. The lowest BCUT2D eigenvalue weighted by atomic mass is 10.1. The van der Waals surface area contributed by atoms with Gasteiger partial charge in [0.25, 0.3) is 0 Å². The third-order valence-electron chi connectivity index (χ3n) is 5.34. The molecule has 0 spiro atoms. The molecular formula is C24H29N3O4. The van der Waals surface area contributed by atoms with E-state index in [-0.39, 0.29) is 24.8 Å². The lowest BCUT2D eigenvalue weighted by Gasteiger charge is -2.40. The standard InChI is InChI=1S/C24H29N3O4/c1-24(2,3)31-23(29)27-13-19(14-27)25-21-11-7-10-18-12-26(15-20(18)21)22(28)30-16-17-8-5-4-6-9-17/h4-11,19,25H,12-16H2,1-3H3. The normalized spacial score (nSPS) is 15.8. The summed E-state index contributed by atoms with van der Waals surface area (Å²) in [6.07, 6.45) is -0.595. The third-order valence-corrected chi connectivity index (χ3v) is 5.34. The molecule has 2 heterocycles. The molecule has 0 aromatic heterocycles. The van der Waals surface area contributed by atoms with E-state index in [9.17, 15) is 9.59 Å². The number of hydrogen-bond donors (Lipinski definition) is 1. The van der Waals surface area contributed by atoms with E-state index in [1.807, 2.05) is 69.3 Å². The fourth-order valence-electron chi connectivity index (χ4n) is 3.76. The van der Waals surface area contributed by atoms with Crippen molar-refractivity contribution in [1.82, 2.24) is 9.80 Å². The smallest absolute Gasteiger partial charge is 0.410 e. The molecule has 0 aliphatic carbocycles. The van der Waals surface area contributed by atoms with E-state index in [2.05, 4.69) is 5.32 Å². The first-order chi connectivity index (χ1) is 14.8. The van der Waals surface area contributed by atoms with Crippen LogP contribution in [0.1, 0.15) is 37.5 Å². The highest BCUT2D eigenvalue weighted by atomic mass is 16.6. The number of anilines is 1. The average Bonchev–Trinajstić information content (AvgIpc) is 3.13. The zero-order valence-corrected chi connectivity index (χ0v) is 18.3. The second-order valence-electron chi connectivity index (χ2n) is 9.07. The molecule has 1 saturated heterocycles. The van der Waals surface area contributed by atoms with Crippen molar-refractivity contribution >= 4 is 17.9 Å². The number of amides is 2. The Balaban J connectivity index is 1.30. The first kappa shape index (κ1) is 21.0. The Morgan fingerprint density at radius 3 is 2.42 bits per heavy atom. The van der Waals surface area contributed by atoms with Gasteiger partial charge >= 0.3 is 12.2 Å². The number of nitrogens with one attached hydrogen (secondary N) is 1. The van der Waals surface area contributed by atoms with E-state index < -0.39 is 5.60 Å². The predicted molar refractivity (Wildman–Crippen MR) is 118 cm³/mol. The maximum Gasteiger partial charge on any atom is 0.410 e. The Kier molecular flexibility index (Phi) is 5.76. The maximum absolute atomic E-state index is 12.5. The second-order valence-corrected chi connectivity index (χ2v) is 9.07. The summed E-state index contributed by atoms with van der Waals surface area (Å²) >= 11 is 0. The highest BCUT2D eigenvalue weighted by Gasteiger charge is 2.35. The maximum atomic E-state index is 12.5. The van der Waals surface area contributed by atoms with Crippen molar-refractivity contribution in [2.75, 3.05) is 18.4 Å². The van der Waals surface area contributed by atoms with Gasteiger partial charge in [0.2, 0.25) is 0 Å². The van der Waals surface area contributed by atoms with Gasteiger partial charge in [-0.05, 0) is 43.5 Å². The van der Waals surface area contributed by atoms with Gasteiger partial charge < -0.3 is 19.7 Å². The van der Waals surface area contributed by atoms with Crippen LogP contribution in [0.4, 0.5) is 15.3 Å². The molecule has 0 saturated carbocycles. The Morgan fingerprint density at radius 1 is 0.968 bits per heavy atom. The average molecular weight is 424 g/mol. The largest absolute Gasteiger partial charge is 0.445 e. The lowest BCUT2D eigenvalue weighted by molar-refractivity contribution is 0.0105. The number of hydrogen-bond acceptors (Lipinski definition) is 5. The van der Waals surface area contributed by atoms with Crippen molar-refractivity contribution in [2.45, 2.75) is 52.1 Å². The summed E-state index contributed by atoms with van der Waals surface area (Å²) in [5, 5.41) is 3.52. The van der Waals surface area contributed by atoms with Crippen LogP contribution in [-0.2, 0) is 29.2 Å². The van der Waals surface area contributed by atoms with Crippen LogP contribution in [0.3, 0.4) is 0 Å². The topological polar surface area (TPSA) is 71.1 Å². The van der Waals surface area contributed by atoms with Crippen molar-refractivity contribution < 1.29 is 19.1 Å². The van der Waals surface area contributed by atoms with E-state index >= 15 is 0 Å². The number of benzene rings is 2. The van der Waals surface area contributed by atoms with Crippen LogP contribution in [0.5, 0.6) is 0 Å². The molecule has 7 nitrogen and oxygen atoms in total. The molecule has 31 heavy (non-hydrogen) atoms. The number of rotatable bonds is 4. The van der Waals surface area contributed by atoms with Gasteiger partial charge in [0.05, 0.1) is 12.6 Å². The van der Waals surface area contributed by atoms with Crippen LogP contribution in [0.15, 0.2) is 48.5 Å². The fourth-order valence-corrected chi connectivity index (χ4v) is 3.76. The van der Waals surface area contributed by atoms with Crippen molar-refractivity contribution in [1.29, 1.82) is 0 Å². The van der Waals surface area contributed by atoms with Gasteiger partial charge in [0.15, 0.2) is 0 Å². The molecular weight excluding hydrogens is 394 g/mol. The Morgan fingerprint density at radius 2 is 1.71 bits per heavy atom. The molecule has 164 valence electrons. The number of fused-ring (bicyclic) bond motifs is 1. The fraction of sp³-hybridized carbons (Fsp3) is 0.417. The minimum Gasteiger partial charge on any atom is -0.445 e. The van der Waals surface area contributed by atoms with Crippen LogP contribution >= 0.6 is 0 Å². The Bertz CT molecular complexity index is 949. The summed E-state index contributed by atoms with van der Waals surface area (Å²) in [7, 11) is 0. The van der Waals surface area contributed by atoms with Crippen LogP contribution in [-0.4, -0.2) is 46.7 Å². The molecule has 2 amide bonds. The zero-order valence-electron chi connectivity index (χ0n) is 18.3. The highest BCUT2D eigenvalue weighted by molar-refractivity contribution is 5.71. The minimum absolute atomic E-state index is 0.165. The molecule has 0 atom stereocenters. The molecule has 0 unspecified atom stereocenters. The molecule has 2 aromatic rings. The SMILES string of the molecule is CC(C)(C)OC(=O)N1CC(Nc2cccc3c2CN(C(=O)OCc2ccccc2)C3)C1. The molecule has 0 bridgehead atoms. The van der Waals surface area contributed by atoms with Crippen molar-refractivity contribution in [3.63, 3.8) is 0 Å². The lowest BCUT2D eigenvalue weighted by Crippen LogP contribution is -2.58. The van der Waals surface area contributed by atoms with Crippen LogP contribution in [0, 0.1) is 0 Å². The second kappa shape index (κ2) is 8.49. The van der Waals surface area contributed by atoms with E-state index in [0.717, 1.165) is 22.4 Å². The van der Waals surface area contributed by atoms with Gasteiger partial charge in [0.1, 0.15) is 12.2 Å². The van der Waals surface area contributed by atoms with Gasteiger partial charge in [-0.15, -0.1) is 0 Å². The van der Waals surface area contributed by atoms with Crippen LogP contribution in [0.2, 0.25) is 0 Å². The van der Waals surface area contributed by atoms with Gasteiger partial charge in [-0.25, -0.2) is 9.59 Å². The molecule has 0 radical (unpaired) electrons. The van der Waals surface area contributed by atoms with Crippen LogP contribution in [0.25, 0.3) is 0 Å². The highest BCUT2D eigenvalue weighted by Crippen LogP contribution is 2.31. The summed E-state index contributed by atoms with van der Waals surface area (Å²) in [5.41, 5.74) is 3.70. The minimum atomic E-state index is -0.492. The summed E-state index contributed by atoms with van der Waals surface area (Å²) in [6.45, 7) is 8.10. The van der Waals surface area contributed by atoms with Crippen molar-refractivity contribution in [2.24, 2.45) is 0 Å². The first-order valence-corrected chi connectivity index (χ1v) is 10.6. The Labute approximate surface area is 182 Å². The number of likely N-dealkylation sites (tertiary alicyclic amines) is 1. The van der Waals surface area contributed by atoms with Gasteiger partial charge in [-0.3, -0.25) is 4.90 Å². The van der Waals surface area contributed by atoms with Gasteiger partial charge in [-0.2, -0.15) is 0 Å². The quantitative estimate of drug-likeness (QED) is 0.791. The molecule has 2 aliphatic heterocycles. The predicted octanol–water partition coefficient (Wildman–Crippen LogP) is 4.37. The number of ether oxygens (including phenoxy) is 2. The number of carbonyl (C=O) groups excluding carboxylic acids is 2. The number of nitrogens with zero attached hydrogens (tertiary/aromatic N) is 2. The third kappa shape index (κ3) is 5.10. The number of carbonyl (C=O) groups is 2. The molecule has 7 heteroatoms. The molecule has 4 rings (SSSR count). The van der Waals surface area contributed by atoms with E-state index in [4.69, 9.17) is 9.47 Å². The van der Waals surface area contributed by atoms with Gasteiger partial charge in [-0.1, -0.05) is 42.5 Å². The van der Waals surface area contributed by atoms with Crippen molar-refractivity contribution in [3.8, 4) is 0 Å². The zero-order chi connectivity index (χ0) is 22.0. The summed E-state index contributed by atoms with van der Waals surface area (Å²) in [6, 6.07) is 15.9. The van der Waals surface area contributed by atoms with E-state index in [0.29, 0.717) is 26.2 Å². The summed E-state index contributed by atoms with van der Waals surface area (Å²) in [5.74, 6) is 0. The molecule has 1 fully saturated rings. The summed E-state index contributed by atoms with van der Waals surface area (Å²) < 4.78 is 10.9. The first-order valence-electron chi connectivity index (χ1n) is 10.6. The van der Waals surface area contributed by atoms with Crippen LogP contribution < -0.4 is 5.32 Å². The van der Waals surface area contributed by atoms with Gasteiger partial charge in [0, 0.05) is 25.3 Å². The van der Waals surface area contributed by atoms with E-state index in [1.54, 1.807) is 9.80 Å².